The van der Waals surface area contributed by atoms with E-state index in [-0.39, 0.29) is 0 Å². The van der Waals surface area contributed by atoms with Crippen molar-refractivity contribution in [3.8, 4) is 0 Å². The van der Waals surface area contributed by atoms with Crippen LogP contribution in [0.15, 0.2) is 42.7 Å². The van der Waals surface area contributed by atoms with Crippen LogP contribution in [0.2, 0.25) is 0 Å². The molecule has 1 N–H and O–H groups in total. The lowest BCUT2D eigenvalue weighted by molar-refractivity contribution is 0.493. The highest BCUT2D eigenvalue weighted by Gasteiger charge is 2.11. The van der Waals surface area contributed by atoms with Crippen molar-refractivity contribution >= 4 is 0 Å². The first kappa shape index (κ1) is 13.8. The summed E-state index contributed by atoms with van der Waals surface area (Å²) in [5.74, 6) is 0. The maximum atomic E-state index is 4.17. The molecule has 0 aliphatic heterocycles. The molecule has 100 valence electrons. The fourth-order valence-electron chi connectivity index (χ4n) is 2.23. The van der Waals surface area contributed by atoms with Gasteiger partial charge in [0.1, 0.15) is 0 Å². The highest BCUT2D eigenvalue weighted by atomic mass is 14.9. The molecule has 0 aliphatic carbocycles. The lowest BCUT2D eigenvalue weighted by Crippen LogP contribution is -2.22. The number of aryl methyl sites for hydroxylation is 2. The minimum Gasteiger partial charge on any atom is -0.304 e. The van der Waals surface area contributed by atoms with Crippen molar-refractivity contribution in [2.75, 3.05) is 0 Å². The summed E-state index contributed by atoms with van der Waals surface area (Å²) >= 11 is 0. The summed E-state index contributed by atoms with van der Waals surface area (Å²) in [6.45, 7) is 8.69. The second kappa shape index (κ2) is 5.98. The van der Waals surface area contributed by atoms with E-state index < -0.39 is 0 Å². The molecule has 0 spiro atoms. The zero-order valence-corrected chi connectivity index (χ0v) is 12.1. The number of hydrogen-bond donors (Lipinski definition) is 1. The molecule has 0 bridgehead atoms. The summed E-state index contributed by atoms with van der Waals surface area (Å²) in [7, 11) is 0. The Morgan fingerprint density at radius 1 is 0.947 bits per heavy atom. The average molecular weight is 254 g/mol. The number of rotatable bonds is 4. The largest absolute Gasteiger partial charge is 0.304 e. The van der Waals surface area contributed by atoms with Gasteiger partial charge in [0.05, 0.1) is 0 Å². The van der Waals surface area contributed by atoms with E-state index in [1.165, 1.54) is 22.3 Å². The number of hydrogen-bond acceptors (Lipinski definition) is 2. The van der Waals surface area contributed by atoms with E-state index in [9.17, 15) is 0 Å². The monoisotopic (exact) mass is 254 g/mol. The Morgan fingerprint density at radius 2 is 1.68 bits per heavy atom. The molecule has 1 aromatic heterocycles. The smallest absolute Gasteiger partial charge is 0.0315 e. The standard InChI is InChI=1S/C17H22N2/c1-12-7-8-16(10-13(12)2)14(3)19-15(4)17-6-5-9-18-11-17/h5-11,14-15,19H,1-4H3. The maximum Gasteiger partial charge on any atom is 0.0315 e. The molecule has 2 nitrogen and oxygen atoms in total. The SMILES string of the molecule is Cc1ccc(C(C)NC(C)c2cccnc2)cc1C. The number of nitrogens with one attached hydrogen (secondary N) is 1. The van der Waals surface area contributed by atoms with Gasteiger partial charge in [0.2, 0.25) is 0 Å². The molecule has 0 saturated heterocycles. The molecule has 0 radical (unpaired) electrons. The topological polar surface area (TPSA) is 24.9 Å². The van der Waals surface area contributed by atoms with Crippen LogP contribution in [0.1, 0.15) is 48.2 Å². The van der Waals surface area contributed by atoms with Gasteiger partial charge in [0.15, 0.2) is 0 Å². The van der Waals surface area contributed by atoms with Crippen molar-refractivity contribution in [1.29, 1.82) is 0 Å². The molecule has 0 aliphatic rings. The van der Waals surface area contributed by atoms with E-state index in [1.807, 2.05) is 18.5 Å². The Kier molecular flexibility index (Phi) is 4.33. The molecule has 19 heavy (non-hydrogen) atoms. The minimum atomic E-state index is 0.297. The van der Waals surface area contributed by atoms with Crippen LogP contribution in [0, 0.1) is 13.8 Å². The summed E-state index contributed by atoms with van der Waals surface area (Å²) in [4.78, 5) is 4.17. The van der Waals surface area contributed by atoms with Gasteiger partial charge in [-0.05, 0) is 56.0 Å². The number of pyridine rings is 1. The molecule has 2 rings (SSSR count). The summed E-state index contributed by atoms with van der Waals surface area (Å²) in [6, 6.07) is 11.4. The normalized spacial score (nSPS) is 14.1. The van der Waals surface area contributed by atoms with Gasteiger partial charge in [-0.3, -0.25) is 4.98 Å². The summed E-state index contributed by atoms with van der Waals surface area (Å²) in [5.41, 5.74) is 5.24. The Morgan fingerprint density at radius 3 is 2.32 bits per heavy atom. The average Bonchev–Trinajstić information content (AvgIpc) is 2.42. The first-order valence-electron chi connectivity index (χ1n) is 6.81. The van der Waals surface area contributed by atoms with E-state index in [0.717, 1.165) is 0 Å². The zero-order chi connectivity index (χ0) is 13.8. The van der Waals surface area contributed by atoms with Crippen molar-refractivity contribution in [2.24, 2.45) is 0 Å². The van der Waals surface area contributed by atoms with Crippen molar-refractivity contribution in [3.05, 3.63) is 65.0 Å². The molecular weight excluding hydrogens is 232 g/mol. The van der Waals surface area contributed by atoms with Crippen molar-refractivity contribution in [3.63, 3.8) is 0 Å². The third kappa shape index (κ3) is 3.42. The lowest BCUT2D eigenvalue weighted by atomic mass is 10.0. The first-order valence-corrected chi connectivity index (χ1v) is 6.81. The molecule has 2 aromatic rings. The Bertz CT molecular complexity index is 534. The van der Waals surface area contributed by atoms with Gasteiger partial charge in [-0.1, -0.05) is 24.3 Å². The summed E-state index contributed by atoms with van der Waals surface area (Å²) in [5, 5.41) is 3.62. The van der Waals surface area contributed by atoms with Crippen LogP contribution in [-0.4, -0.2) is 4.98 Å². The summed E-state index contributed by atoms with van der Waals surface area (Å²) < 4.78 is 0. The van der Waals surface area contributed by atoms with Crippen molar-refractivity contribution in [2.45, 2.75) is 39.8 Å². The lowest BCUT2D eigenvalue weighted by Gasteiger charge is -2.21. The summed E-state index contributed by atoms with van der Waals surface area (Å²) in [6.07, 6.45) is 3.73. The van der Waals surface area contributed by atoms with Crippen molar-refractivity contribution < 1.29 is 0 Å². The van der Waals surface area contributed by atoms with Gasteiger partial charge >= 0.3 is 0 Å². The van der Waals surface area contributed by atoms with E-state index >= 15 is 0 Å². The predicted octanol–water partition coefficient (Wildman–Crippen LogP) is 4.11. The molecule has 1 aromatic carbocycles. The van der Waals surface area contributed by atoms with Crippen LogP contribution < -0.4 is 5.32 Å². The highest BCUT2D eigenvalue weighted by molar-refractivity contribution is 5.31. The van der Waals surface area contributed by atoms with E-state index in [2.05, 4.69) is 62.3 Å². The van der Waals surface area contributed by atoms with Gasteiger partial charge in [-0.25, -0.2) is 0 Å². The van der Waals surface area contributed by atoms with Crippen LogP contribution in [0.4, 0.5) is 0 Å². The first-order chi connectivity index (χ1) is 9.08. The molecule has 0 amide bonds. The third-order valence-corrected chi connectivity index (χ3v) is 3.72. The fraction of sp³-hybridized carbons (Fsp3) is 0.353. The Hall–Kier alpha value is -1.67. The molecule has 2 unspecified atom stereocenters. The maximum absolute atomic E-state index is 4.17. The molecule has 0 saturated carbocycles. The van der Waals surface area contributed by atoms with Crippen LogP contribution in [-0.2, 0) is 0 Å². The van der Waals surface area contributed by atoms with Crippen LogP contribution in [0.5, 0.6) is 0 Å². The van der Waals surface area contributed by atoms with Gasteiger partial charge in [0, 0.05) is 24.5 Å². The fourth-order valence-corrected chi connectivity index (χ4v) is 2.23. The van der Waals surface area contributed by atoms with E-state index in [4.69, 9.17) is 0 Å². The molecule has 1 heterocycles. The van der Waals surface area contributed by atoms with Crippen molar-refractivity contribution in [1.82, 2.24) is 10.3 Å². The third-order valence-electron chi connectivity index (χ3n) is 3.72. The van der Waals surface area contributed by atoms with E-state index in [0.29, 0.717) is 12.1 Å². The second-order valence-corrected chi connectivity index (χ2v) is 5.24. The quantitative estimate of drug-likeness (QED) is 0.888. The van der Waals surface area contributed by atoms with Crippen LogP contribution in [0.3, 0.4) is 0 Å². The molecule has 2 heteroatoms. The number of nitrogens with zero attached hydrogens (tertiary/aromatic N) is 1. The van der Waals surface area contributed by atoms with Crippen LogP contribution >= 0.6 is 0 Å². The van der Waals surface area contributed by atoms with Gasteiger partial charge < -0.3 is 5.32 Å². The number of aromatic nitrogens is 1. The van der Waals surface area contributed by atoms with Gasteiger partial charge in [-0.15, -0.1) is 0 Å². The number of benzene rings is 1. The highest BCUT2D eigenvalue weighted by Crippen LogP contribution is 2.20. The minimum absolute atomic E-state index is 0.297. The predicted molar refractivity (Wildman–Crippen MR) is 80.1 cm³/mol. The molecule has 2 atom stereocenters. The second-order valence-electron chi connectivity index (χ2n) is 5.24. The van der Waals surface area contributed by atoms with Crippen LogP contribution in [0.25, 0.3) is 0 Å². The van der Waals surface area contributed by atoms with E-state index in [1.54, 1.807) is 0 Å². The zero-order valence-electron chi connectivity index (χ0n) is 12.1. The molecular formula is C17H22N2. The Balaban J connectivity index is 2.08. The Labute approximate surface area is 115 Å². The molecule has 0 fully saturated rings. The van der Waals surface area contributed by atoms with Gasteiger partial charge in [-0.2, -0.15) is 0 Å². The van der Waals surface area contributed by atoms with Gasteiger partial charge in [0.25, 0.3) is 0 Å².